The summed E-state index contributed by atoms with van der Waals surface area (Å²) >= 11 is 0. The van der Waals surface area contributed by atoms with Gasteiger partial charge in [-0.25, -0.2) is 0 Å². The van der Waals surface area contributed by atoms with Gasteiger partial charge in [-0.05, 0) is 24.6 Å². The van der Waals surface area contributed by atoms with Gasteiger partial charge in [0.05, 0.1) is 18.6 Å². The number of ketones is 1. The van der Waals surface area contributed by atoms with Crippen LogP contribution in [-0.4, -0.2) is 32.3 Å². The number of ether oxygens (including phenoxy) is 3. The highest BCUT2D eigenvalue weighted by Crippen LogP contribution is 2.38. The van der Waals surface area contributed by atoms with E-state index >= 15 is 0 Å². The van der Waals surface area contributed by atoms with Gasteiger partial charge in [0.2, 0.25) is 6.79 Å². The highest BCUT2D eigenvalue weighted by molar-refractivity contribution is 6.03. The quantitative estimate of drug-likeness (QED) is 0.805. The Morgan fingerprint density at radius 2 is 2.00 bits per heavy atom. The molecule has 0 radical (unpaired) electrons. The average molecular weight is 249 g/mol. The van der Waals surface area contributed by atoms with Crippen LogP contribution in [0.4, 0.5) is 0 Å². The van der Waals surface area contributed by atoms with E-state index in [9.17, 15) is 4.79 Å². The first-order chi connectivity index (χ1) is 8.66. The third-order valence-electron chi connectivity index (χ3n) is 3.59. The van der Waals surface area contributed by atoms with Gasteiger partial charge < -0.3 is 19.9 Å². The molecule has 0 bridgehead atoms. The van der Waals surface area contributed by atoms with Crippen molar-refractivity contribution in [1.29, 1.82) is 0 Å². The van der Waals surface area contributed by atoms with Crippen molar-refractivity contribution >= 4 is 5.78 Å². The molecule has 0 atom stereocenters. The number of fused-ring (bicyclic) bond motifs is 1. The van der Waals surface area contributed by atoms with Crippen LogP contribution in [0.2, 0.25) is 0 Å². The lowest BCUT2D eigenvalue weighted by Crippen LogP contribution is -2.54. The molecular weight excluding hydrogens is 234 g/mol. The van der Waals surface area contributed by atoms with Gasteiger partial charge >= 0.3 is 0 Å². The van der Waals surface area contributed by atoms with Gasteiger partial charge in [-0.2, -0.15) is 0 Å². The average Bonchev–Trinajstić information content (AvgIpc) is 2.74. The smallest absolute Gasteiger partial charge is 0.231 e. The Balaban J connectivity index is 1.99. The molecule has 2 N–H and O–H groups in total. The maximum Gasteiger partial charge on any atom is 0.231 e. The van der Waals surface area contributed by atoms with E-state index in [1.54, 1.807) is 6.07 Å². The van der Waals surface area contributed by atoms with Gasteiger partial charge in [0.25, 0.3) is 0 Å². The predicted octanol–water partition coefficient (Wildman–Crippen LogP) is 0.882. The van der Waals surface area contributed by atoms with Crippen molar-refractivity contribution in [2.75, 3.05) is 26.6 Å². The molecule has 1 saturated heterocycles. The van der Waals surface area contributed by atoms with Crippen LogP contribution in [0, 0.1) is 12.3 Å². The molecule has 1 aromatic rings. The van der Waals surface area contributed by atoms with Gasteiger partial charge in [-0.3, -0.25) is 4.79 Å². The van der Waals surface area contributed by atoms with Crippen LogP contribution >= 0.6 is 0 Å². The largest absolute Gasteiger partial charge is 0.454 e. The van der Waals surface area contributed by atoms with Crippen molar-refractivity contribution in [3.05, 3.63) is 23.3 Å². The molecule has 0 aliphatic carbocycles. The van der Waals surface area contributed by atoms with E-state index in [0.717, 1.165) is 5.56 Å². The number of rotatable bonds is 3. The molecule has 3 rings (SSSR count). The number of carbonyl (C=O) groups is 1. The number of hydrogen-bond acceptors (Lipinski definition) is 5. The minimum Gasteiger partial charge on any atom is -0.454 e. The summed E-state index contributed by atoms with van der Waals surface area (Å²) in [5, 5.41) is 0. The number of hydrogen-bond donors (Lipinski definition) is 1. The monoisotopic (exact) mass is 249 g/mol. The van der Waals surface area contributed by atoms with Crippen LogP contribution in [0.25, 0.3) is 0 Å². The first-order valence-corrected chi connectivity index (χ1v) is 5.89. The van der Waals surface area contributed by atoms with E-state index < -0.39 is 5.41 Å². The predicted molar refractivity (Wildman–Crippen MR) is 63.9 cm³/mol. The molecule has 0 saturated carbocycles. The SMILES string of the molecule is Cc1cc2c(cc1C(=O)C1(CN)COC1)OCO2. The normalized spacial score (nSPS) is 19.4. The third kappa shape index (κ3) is 1.51. The Bertz CT molecular complexity index is 502. The molecule has 2 aliphatic heterocycles. The number of Topliss-reactive ketones (excluding diaryl/α,β-unsaturated/α-hetero) is 1. The molecule has 18 heavy (non-hydrogen) atoms. The Labute approximate surface area is 105 Å². The van der Waals surface area contributed by atoms with Crippen LogP contribution in [-0.2, 0) is 4.74 Å². The van der Waals surface area contributed by atoms with E-state index in [4.69, 9.17) is 19.9 Å². The Morgan fingerprint density at radius 3 is 2.56 bits per heavy atom. The summed E-state index contributed by atoms with van der Waals surface area (Å²) in [7, 11) is 0. The molecule has 1 aromatic carbocycles. The molecule has 0 unspecified atom stereocenters. The zero-order valence-corrected chi connectivity index (χ0v) is 10.2. The van der Waals surface area contributed by atoms with Crippen molar-refractivity contribution in [3.8, 4) is 11.5 Å². The van der Waals surface area contributed by atoms with Crippen LogP contribution in [0.1, 0.15) is 15.9 Å². The standard InChI is InChI=1S/C13H15NO4/c1-8-2-10-11(18-7-17-10)3-9(8)12(15)13(4-14)5-16-6-13/h2-3H,4-7,14H2,1H3. The number of aryl methyl sites for hydroxylation is 1. The fourth-order valence-corrected chi connectivity index (χ4v) is 2.26. The van der Waals surface area contributed by atoms with Crippen LogP contribution < -0.4 is 15.2 Å². The van der Waals surface area contributed by atoms with Gasteiger partial charge in [0.15, 0.2) is 17.3 Å². The van der Waals surface area contributed by atoms with Crippen molar-refractivity contribution in [1.82, 2.24) is 0 Å². The van der Waals surface area contributed by atoms with Crippen molar-refractivity contribution < 1.29 is 19.0 Å². The molecule has 0 aromatic heterocycles. The third-order valence-corrected chi connectivity index (χ3v) is 3.59. The van der Waals surface area contributed by atoms with Gasteiger partial charge in [-0.15, -0.1) is 0 Å². The van der Waals surface area contributed by atoms with Crippen LogP contribution in [0.3, 0.4) is 0 Å². The first-order valence-electron chi connectivity index (χ1n) is 5.89. The van der Waals surface area contributed by atoms with Gasteiger partial charge in [0, 0.05) is 12.1 Å². The second-order valence-corrected chi connectivity index (χ2v) is 4.83. The number of nitrogens with two attached hydrogens (primary N) is 1. The first kappa shape index (κ1) is 11.5. The highest BCUT2D eigenvalue weighted by atomic mass is 16.7. The molecular formula is C13H15NO4. The minimum atomic E-state index is -0.557. The summed E-state index contributed by atoms with van der Waals surface area (Å²) in [6, 6.07) is 3.58. The Morgan fingerprint density at radius 1 is 1.33 bits per heavy atom. The fourth-order valence-electron chi connectivity index (χ4n) is 2.26. The second-order valence-electron chi connectivity index (χ2n) is 4.83. The molecule has 2 heterocycles. The zero-order valence-electron chi connectivity index (χ0n) is 10.2. The lowest BCUT2D eigenvalue weighted by atomic mass is 9.77. The van der Waals surface area contributed by atoms with Crippen molar-refractivity contribution in [2.45, 2.75) is 6.92 Å². The number of benzene rings is 1. The minimum absolute atomic E-state index is 0.0343. The van der Waals surface area contributed by atoms with Crippen LogP contribution in [0.15, 0.2) is 12.1 Å². The Hall–Kier alpha value is -1.59. The lowest BCUT2D eigenvalue weighted by molar-refractivity contribution is -0.0816. The summed E-state index contributed by atoms with van der Waals surface area (Å²) in [5.74, 6) is 1.35. The van der Waals surface area contributed by atoms with E-state index in [1.807, 2.05) is 13.0 Å². The van der Waals surface area contributed by atoms with Crippen molar-refractivity contribution in [3.63, 3.8) is 0 Å². The summed E-state index contributed by atoms with van der Waals surface area (Å²) in [6.07, 6.45) is 0. The van der Waals surface area contributed by atoms with Crippen LogP contribution in [0.5, 0.6) is 11.5 Å². The zero-order chi connectivity index (χ0) is 12.8. The summed E-state index contributed by atoms with van der Waals surface area (Å²) in [4.78, 5) is 12.5. The summed E-state index contributed by atoms with van der Waals surface area (Å²) in [5.41, 5.74) is 6.68. The van der Waals surface area contributed by atoms with E-state index in [0.29, 0.717) is 36.8 Å². The second kappa shape index (κ2) is 3.96. The topological polar surface area (TPSA) is 70.8 Å². The molecule has 0 spiro atoms. The molecule has 0 amide bonds. The fraction of sp³-hybridized carbons (Fsp3) is 0.462. The molecule has 5 heteroatoms. The van der Waals surface area contributed by atoms with Gasteiger partial charge in [-0.1, -0.05) is 0 Å². The number of carbonyl (C=O) groups excluding carboxylic acids is 1. The maximum atomic E-state index is 12.5. The highest BCUT2D eigenvalue weighted by Gasteiger charge is 2.45. The van der Waals surface area contributed by atoms with E-state index in [1.165, 1.54) is 0 Å². The molecule has 5 nitrogen and oxygen atoms in total. The summed E-state index contributed by atoms with van der Waals surface area (Å²) in [6.45, 7) is 3.20. The molecule has 1 fully saturated rings. The lowest BCUT2D eigenvalue weighted by Gasteiger charge is -2.39. The van der Waals surface area contributed by atoms with E-state index in [2.05, 4.69) is 0 Å². The maximum absolute atomic E-state index is 12.5. The molecule has 2 aliphatic rings. The summed E-state index contributed by atoms with van der Waals surface area (Å²) < 4.78 is 15.7. The molecule has 96 valence electrons. The van der Waals surface area contributed by atoms with E-state index in [-0.39, 0.29) is 12.6 Å². The Kier molecular flexibility index (Phi) is 2.53. The van der Waals surface area contributed by atoms with Gasteiger partial charge in [0.1, 0.15) is 0 Å². The van der Waals surface area contributed by atoms with Crippen molar-refractivity contribution in [2.24, 2.45) is 11.1 Å².